The largest absolute Gasteiger partial charge is 0.393 e. The van der Waals surface area contributed by atoms with Crippen molar-refractivity contribution < 1.29 is 15.0 Å². The van der Waals surface area contributed by atoms with Crippen LogP contribution in [0.25, 0.3) is 0 Å². The van der Waals surface area contributed by atoms with Gasteiger partial charge in [0.05, 0.1) is 11.7 Å². The van der Waals surface area contributed by atoms with Gasteiger partial charge in [-0.15, -0.1) is 0 Å². The first-order chi connectivity index (χ1) is 12.6. The van der Waals surface area contributed by atoms with E-state index in [1.807, 2.05) is 0 Å². The summed E-state index contributed by atoms with van der Waals surface area (Å²) in [5, 5.41) is 25.4. The Morgan fingerprint density at radius 3 is 2.48 bits per heavy atom. The van der Waals surface area contributed by atoms with E-state index in [2.05, 4.69) is 26.1 Å². The molecule has 4 saturated carbocycles. The first kappa shape index (κ1) is 19.7. The fraction of sp³-hybridized carbons (Fsp3) is 0.957. The molecule has 4 aliphatic rings. The summed E-state index contributed by atoms with van der Waals surface area (Å²) in [6.07, 6.45) is 9.26. The van der Waals surface area contributed by atoms with Gasteiger partial charge < -0.3 is 15.5 Å². The Bertz CT molecular complexity index is 608. The molecule has 154 valence electrons. The predicted octanol–water partition coefficient (Wildman–Crippen LogP) is 3.65. The van der Waals surface area contributed by atoms with Gasteiger partial charge in [-0.25, -0.2) is 0 Å². The van der Waals surface area contributed by atoms with Crippen LogP contribution in [0.15, 0.2) is 0 Å². The summed E-state index contributed by atoms with van der Waals surface area (Å²) in [4.78, 5) is 11.6. The number of aliphatic hydroxyl groups excluding tert-OH is 1. The molecule has 0 radical (unpaired) electrons. The number of fused-ring (bicyclic) bond motifs is 5. The number of carbonyl (C=O) groups is 1. The van der Waals surface area contributed by atoms with E-state index < -0.39 is 5.60 Å². The lowest BCUT2D eigenvalue weighted by molar-refractivity contribution is -0.211. The fourth-order valence-electron chi connectivity index (χ4n) is 8.47. The summed E-state index contributed by atoms with van der Waals surface area (Å²) in [5.41, 5.74) is -0.425. The predicted molar refractivity (Wildman–Crippen MR) is 106 cm³/mol. The monoisotopic (exact) mass is 377 g/mol. The maximum Gasteiger partial charge on any atom is 0.217 e. The Kier molecular flexibility index (Phi) is 4.71. The zero-order chi connectivity index (χ0) is 19.6. The second kappa shape index (κ2) is 6.45. The van der Waals surface area contributed by atoms with Crippen molar-refractivity contribution in [2.24, 2.45) is 34.5 Å². The molecule has 27 heavy (non-hydrogen) atoms. The third-order valence-corrected chi connectivity index (χ3v) is 9.93. The third-order valence-electron chi connectivity index (χ3n) is 9.93. The van der Waals surface area contributed by atoms with Crippen molar-refractivity contribution in [3.05, 3.63) is 0 Å². The minimum Gasteiger partial charge on any atom is -0.393 e. The quantitative estimate of drug-likeness (QED) is 0.688. The Morgan fingerprint density at radius 2 is 1.78 bits per heavy atom. The number of nitrogens with one attached hydrogen (secondary N) is 1. The minimum atomic E-state index is -0.600. The van der Waals surface area contributed by atoms with Crippen molar-refractivity contribution >= 4 is 5.91 Å². The summed E-state index contributed by atoms with van der Waals surface area (Å²) in [6, 6.07) is 0.120. The van der Waals surface area contributed by atoms with Gasteiger partial charge in [-0.1, -0.05) is 13.8 Å². The van der Waals surface area contributed by atoms with Crippen LogP contribution in [0.3, 0.4) is 0 Å². The van der Waals surface area contributed by atoms with Gasteiger partial charge >= 0.3 is 0 Å². The van der Waals surface area contributed by atoms with Gasteiger partial charge in [0.1, 0.15) is 0 Å². The Hall–Kier alpha value is -0.610. The molecule has 4 rings (SSSR count). The first-order valence-corrected chi connectivity index (χ1v) is 11.3. The highest BCUT2D eigenvalue weighted by Gasteiger charge is 2.67. The van der Waals surface area contributed by atoms with E-state index in [0.717, 1.165) is 51.4 Å². The Labute approximate surface area is 164 Å². The molecule has 0 aromatic rings. The summed E-state index contributed by atoms with van der Waals surface area (Å²) in [7, 11) is 0. The van der Waals surface area contributed by atoms with Crippen molar-refractivity contribution in [1.29, 1.82) is 0 Å². The third kappa shape index (κ3) is 2.73. The van der Waals surface area contributed by atoms with E-state index >= 15 is 0 Å². The molecule has 9 atom stereocenters. The van der Waals surface area contributed by atoms with Gasteiger partial charge in [0.15, 0.2) is 0 Å². The maximum absolute atomic E-state index is 12.1. The summed E-state index contributed by atoms with van der Waals surface area (Å²) >= 11 is 0. The van der Waals surface area contributed by atoms with Crippen molar-refractivity contribution in [1.82, 2.24) is 5.32 Å². The van der Waals surface area contributed by atoms with E-state index in [1.165, 1.54) is 6.42 Å². The number of hydrogen-bond acceptors (Lipinski definition) is 3. The molecule has 0 heterocycles. The number of aliphatic hydroxyl groups is 2. The van der Waals surface area contributed by atoms with Crippen LogP contribution < -0.4 is 5.32 Å². The van der Waals surface area contributed by atoms with Crippen molar-refractivity contribution in [2.75, 3.05) is 0 Å². The van der Waals surface area contributed by atoms with Crippen LogP contribution in [-0.4, -0.2) is 33.9 Å². The second-order valence-corrected chi connectivity index (χ2v) is 10.9. The van der Waals surface area contributed by atoms with Gasteiger partial charge in [-0.2, -0.15) is 0 Å². The zero-order valence-corrected chi connectivity index (χ0v) is 17.6. The molecule has 3 N–H and O–H groups in total. The Balaban J connectivity index is 1.61. The number of amides is 1. The smallest absolute Gasteiger partial charge is 0.217 e. The SMILES string of the molecule is CC(=O)N[C@@H](C)[C@H]1CC[C@]2(O)[C@@H]3CC[C@@H]4C[C@@H](O)CC[C@]4(C)[C@H]3CC[C@]12C. The molecule has 0 aliphatic heterocycles. The normalized spacial score (nSPS) is 53.0. The molecule has 4 fully saturated rings. The molecule has 0 bridgehead atoms. The lowest BCUT2D eigenvalue weighted by Crippen LogP contribution is -2.63. The van der Waals surface area contributed by atoms with Crippen LogP contribution in [0.1, 0.15) is 85.5 Å². The lowest BCUT2D eigenvalue weighted by atomic mass is 9.43. The van der Waals surface area contributed by atoms with Crippen molar-refractivity contribution in [3.63, 3.8) is 0 Å². The molecule has 4 aliphatic carbocycles. The van der Waals surface area contributed by atoms with Gasteiger partial charge in [0.2, 0.25) is 5.91 Å². The molecule has 4 heteroatoms. The fourth-order valence-corrected chi connectivity index (χ4v) is 8.47. The highest BCUT2D eigenvalue weighted by atomic mass is 16.3. The molecule has 0 unspecified atom stereocenters. The van der Waals surface area contributed by atoms with Crippen LogP contribution in [0.2, 0.25) is 0 Å². The van der Waals surface area contributed by atoms with Crippen LogP contribution in [-0.2, 0) is 4.79 Å². The number of hydrogen-bond donors (Lipinski definition) is 3. The number of carbonyl (C=O) groups excluding carboxylic acids is 1. The highest BCUT2D eigenvalue weighted by molar-refractivity contribution is 5.73. The second-order valence-electron chi connectivity index (χ2n) is 10.9. The standard InChI is InChI=1S/C23H39NO3/c1-14(24-15(2)25)18-9-12-23(27)20-6-5-16-13-17(26)7-10-21(16,3)19(20)8-11-22(18,23)4/h14,16-20,26-27H,5-13H2,1-4H3,(H,24,25)/t14-,16+,17-,18+,19-,20+,21-,22+,23-/m0/s1. The van der Waals surface area contributed by atoms with Gasteiger partial charge in [-0.05, 0) is 93.8 Å². The summed E-state index contributed by atoms with van der Waals surface area (Å²) in [5.74, 6) is 1.96. The van der Waals surface area contributed by atoms with E-state index in [0.29, 0.717) is 23.7 Å². The molecule has 0 aromatic carbocycles. The van der Waals surface area contributed by atoms with Gasteiger partial charge in [0, 0.05) is 18.4 Å². The lowest BCUT2D eigenvalue weighted by Gasteiger charge is -2.64. The minimum absolute atomic E-state index is 0.0315. The van der Waals surface area contributed by atoms with Crippen molar-refractivity contribution in [2.45, 2.75) is 103 Å². The number of rotatable bonds is 2. The maximum atomic E-state index is 12.1. The van der Waals surface area contributed by atoms with Crippen LogP contribution in [0.4, 0.5) is 0 Å². The van der Waals surface area contributed by atoms with E-state index in [9.17, 15) is 15.0 Å². The molecule has 0 spiro atoms. The first-order valence-electron chi connectivity index (χ1n) is 11.3. The van der Waals surface area contributed by atoms with E-state index in [4.69, 9.17) is 0 Å². The Morgan fingerprint density at radius 1 is 1.04 bits per heavy atom. The average molecular weight is 378 g/mol. The van der Waals surface area contributed by atoms with Gasteiger partial charge in [0.25, 0.3) is 0 Å². The molecule has 0 aromatic heterocycles. The molecule has 1 amide bonds. The molecule has 4 nitrogen and oxygen atoms in total. The van der Waals surface area contributed by atoms with Gasteiger partial charge in [-0.3, -0.25) is 4.79 Å². The molecule has 0 saturated heterocycles. The van der Waals surface area contributed by atoms with E-state index in [-0.39, 0.29) is 28.9 Å². The van der Waals surface area contributed by atoms with Crippen LogP contribution >= 0.6 is 0 Å². The van der Waals surface area contributed by atoms with Crippen LogP contribution in [0.5, 0.6) is 0 Å². The topological polar surface area (TPSA) is 69.6 Å². The van der Waals surface area contributed by atoms with E-state index in [1.54, 1.807) is 6.92 Å². The summed E-state index contributed by atoms with van der Waals surface area (Å²) < 4.78 is 0. The zero-order valence-electron chi connectivity index (χ0n) is 17.6. The summed E-state index contributed by atoms with van der Waals surface area (Å²) in [6.45, 7) is 8.48. The molecular weight excluding hydrogens is 338 g/mol. The molecular formula is C23H39NO3. The highest BCUT2D eigenvalue weighted by Crippen LogP contribution is 2.69. The van der Waals surface area contributed by atoms with Crippen molar-refractivity contribution in [3.8, 4) is 0 Å². The average Bonchev–Trinajstić information content (AvgIpc) is 2.87. The van der Waals surface area contributed by atoms with Crippen LogP contribution in [0, 0.1) is 34.5 Å².